The van der Waals surface area contributed by atoms with Gasteiger partial charge in [-0.2, -0.15) is 0 Å². The number of rotatable bonds is 4. The predicted molar refractivity (Wildman–Crippen MR) is 54.8 cm³/mol. The van der Waals surface area contributed by atoms with Crippen LogP contribution < -0.4 is 0 Å². The van der Waals surface area contributed by atoms with Crippen molar-refractivity contribution in [2.75, 3.05) is 7.11 Å². The van der Waals surface area contributed by atoms with Crippen LogP contribution in [0.15, 0.2) is 24.3 Å². The van der Waals surface area contributed by atoms with E-state index in [2.05, 4.69) is 4.74 Å². The van der Waals surface area contributed by atoms with Crippen LogP contribution in [-0.4, -0.2) is 35.7 Å². The van der Waals surface area contributed by atoms with Gasteiger partial charge in [-0.3, -0.25) is 4.79 Å². The molecule has 0 aromatic heterocycles. The van der Waals surface area contributed by atoms with Crippen LogP contribution in [0.3, 0.4) is 0 Å². The second-order valence-corrected chi connectivity index (χ2v) is 3.20. The first-order valence-corrected chi connectivity index (χ1v) is 4.59. The molecule has 0 aliphatic carbocycles. The number of methoxy groups -OCH3 is 1. The fourth-order valence-electron chi connectivity index (χ4n) is 1.20. The Balaban J connectivity index is 2.83. The summed E-state index contributed by atoms with van der Waals surface area (Å²) < 4.78 is 4.29. The number of aliphatic hydroxyl groups excluding tert-OH is 2. The summed E-state index contributed by atoms with van der Waals surface area (Å²) in [4.78, 5) is 21.4. The van der Waals surface area contributed by atoms with Crippen LogP contribution >= 0.6 is 0 Å². The molecule has 0 saturated carbocycles. The second kappa shape index (κ2) is 5.39. The van der Waals surface area contributed by atoms with Crippen molar-refractivity contribution in [2.24, 2.45) is 0 Å². The Morgan fingerprint density at radius 3 is 2.31 bits per heavy atom. The molecule has 16 heavy (non-hydrogen) atoms. The molecule has 2 unspecified atom stereocenters. The molecule has 5 heteroatoms. The molecule has 0 fully saturated rings. The van der Waals surface area contributed by atoms with Crippen molar-refractivity contribution in [1.82, 2.24) is 0 Å². The van der Waals surface area contributed by atoms with Crippen LogP contribution in [0.4, 0.5) is 0 Å². The lowest BCUT2D eigenvalue weighted by atomic mass is 10.0. The number of hydrogen-bond acceptors (Lipinski definition) is 5. The third-order valence-corrected chi connectivity index (χ3v) is 2.16. The van der Waals surface area contributed by atoms with Gasteiger partial charge in [0.25, 0.3) is 0 Å². The molecular formula is C11H12O5. The molecule has 0 aliphatic rings. The first-order chi connectivity index (χ1) is 7.60. The molecular weight excluding hydrogens is 212 g/mol. The van der Waals surface area contributed by atoms with Gasteiger partial charge < -0.3 is 14.9 Å². The first-order valence-electron chi connectivity index (χ1n) is 4.59. The highest BCUT2D eigenvalue weighted by Gasteiger charge is 2.26. The van der Waals surface area contributed by atoms with Crippen LogP contribution in [0.5, 0.6) is 0 Å². The lowest BCUT2D eigenvalue weighted by Crippen LogP contribution is -2.28. The Bertz CT molecular complexity index is 370. The molecule has 2 N–H and O–H groups in total. The van der Waals surface area contributed by atoms with Gasteiger partial charge in [-0.15, -0.1) is 0 Å². The molecule has 0 heterocycles. The molecule has 1 aromatic carbocycles. The third kappa shape index (κ3) is 2.65. The van der Waals surface area contributed by atoms with Crippen LogP contribution in [0.2, 0.25) is 0 Å². The van der Waals surface area contributed by atoms with E-state index in [-0.39, 0.29) is 0 Å². The molecule has 2 atom stereocenters. The average Bonchev–Trinajstić information content (AvgIpc) is 2.36. The number of hydrogen-bond donors (Lipinski definition) is 2. The minimum atomic E-state index is -1.63. The Hall–Kier alpha value is -1.72. The number of carbonyl (C=O) groups is 2. The van der Waals surface area contributed by atoms with Crippen LogP contribution in [-0.2, 0) is 9.53 Å². The van der Waals surface area contributed by atoms with Gasteiger partial charge >= 0.3 is 5.97 Å². The monoisotopic (exact) mass is 224 g/mol. The fourth-order valence-corrected chi connectivity index (χ4v) is 1.20. The number of aldehydes is 1. The minimum absolute atomic E-state index is 0.337. The summed E-state index contributed by atoms with van der Waals surface area (Å²) in [5, 5.41) is 19.0. The predicted octanol–water partition coefficient (Wildman–Crippen LogP) is 0.0664. The van der Waals surface area contributed by atoms with Crippen LogP contribution in [0.1, 0.15) is 22.0 Å². The molecule has 86 valence electrons. The van der Waals surface area contributed by atoms with Crippen LogP contribution in [0, 0.1) is 0 Å². The van der Waals surface area contributed by atoms with Crippen LogP contribution in [0.25, 0.3) is 0 Å². The molecule has 0 spiro atoms. The summed E-state index contributed by atoms with van der Waals surface area (Å²) in [5.41, 5.74) is 0.784. The van der Waals surface area contributed by atoms with E-state index in [0.717, 1.165) is 7.11 Å². The maximum absolute atomic E-state index is 11.0. The highest BCUT2D eigenvalue weighted by molar-refractivity contribution is 5.76. The molecule has 1 aromatic rings. The smallest absolute Gasteiger partial charge is 0.337 e. The van der Waals surface area contributed by atoms with Crippen molar-refractivity contribution < 1.29 is 24.5 Å². The van der Waals surface area contributed by atoms with Crippen molar-refractivity contribution >= 4 is 12.3 Å². The Labute approximate surface area is 92.3 Å². The number of carbonyl (C=O) groups excluding carboxylic acids is 2. The van der Waals surface area contributed by atoms with Gasteiger partial charge in [0, 0.05) is 5.56 Å². The number of benzene rings is 1. The summed E-state index contributed by atoms with van der Waals surface area (Å²) in [7, 11) is 1.12. The summed E-state index contributed by atoms with van der Waals surface area (Å²) in [6, 6.07) is 5.88. The topological polar surface area (TPSA) is 83.8 Å². The van der Waals surface area contributed by atoms with Gasteiger partial charge in [-0.1, -0.05) is 24.3 Å². The molecule has 0 aliphatic heterocycles. The second-order valence-electron chi connectivity index (χ2n) is 3.20. The number of ether oxygens (including phenoxy) is 1. The largest absolute Gasteiger partial charge is 0.467 e. The Kier molecular flexibility index (Phi) is 4.16. The average molecular weight is 224 g/mol. The lowest BCUT2D eigenvalue weighted by molar-refractivity contribution is -0.156. The summed E-state index contributed by atoms with van der Waals surface area (Å²) in [5.74, 6) is -0.910. The Morgan fingerprint density at radius 1 is 1.31 bits per heavy atom. The van der Waals surface area contributed by atoms with E-state index in [1.165, 1.54) is 24.3 Å². The van der Waals surface area contributed by atoms with Crippen molar-refractivity contribution in [3.63, 3.8) is 0 Å². The maximum Gasteiger partial charge on any atom is 0.337 e. The van der Waals surface area contributed by atoms with E-state index < -0.39 is 18.2 Å². The molecule has 0 radical (unpaired) electrons. The molecule has 5 nitrogen and oxygen atoms in total. The lowest BCUT2D eigenvalue weighted by Gasteiger charge is -2.15. The summed E-state index contributed by atoms with van der Waals surface area (Å²) >= 11 is 0. The maximum atomic E-state index is 11.0. The first kappa shape index (κ1) is 12.4. The molecule has 1 rings (SSSR count). The Morgan fingerprint density at radius 2 is 1.88 bits per heavy atom. The van der Waals surface area contributed by atoms with E-state index in [1.807, 2.05) is 0 Å². The van der Waals surface area contributed by atoms with Gasteiger partial charge in [-0.05, 0) is 5.56 Å². The SMILES string of the molecule is COC(=O)C(O)C(O)c1ccc(C=O)cc1. The normalized spacial score (nSPS) is 13.9. The summed E-state index contributed by atoms with van der Waals surface area (Å²) in [6.45, 7) is 0. The van der Waals surface area contributed by atoms with Crippen molar-refractivity contribution in [3.8, 4) is 0 Å². The van der Waals surface area contributed by atoms with Gasteiger partial charge in [-0.25, -0.2) is 4.79 Å². The van der Waals surface area contributed by atoms with E-state index in [1.54, 1.807) is 0 Å². The highest BCUT2D eigenvalue weighted by Crippen LogP contribution is 2.17. The van der Waals surface area contributed by atoms with Gasteiger partial charge in [0.15, 0.2) is 6.10 Å². The van der Waals surface area contributed by atoms with E-state index in [0.29, 0.717) is 17.4 Å². The molecule has 0 bridgehead atoms. The van der Waals surface area contributed by atoms with E-state index in [4.69, 9.17) is 0 Å². The van der Waals surface area contributed by atoms with Gasteiger partial charge in [0.2, 0.25) is 0 Å². The fraction of sp³-hybridized carbons (Fsp3) is 0.273. The molecule has 0 amide bonds. The highest BCUT2D eigenvalue weighted by atomic mass is 16.5. The van der Waals surface area contributed by atoms with Crippen molar-refractivity contribution in [2.45, 2.75) is 12.2 Å². The van der Waals surface area contributed by atoms with E-state index >= 15 is 0 Å². The molecule has 0 saturated heterocycles. The zero-order valence-corrected chi connectivity index (χ0v) is 8.66. The van der Waals surface area contributed by atoms with E-state index in [9.17, 15) is 19.8 Å². The minimum Gasteiger partial charge on any atom is -0.467 e. The van der Waals surface area contributed by atoms with Crippen molar-refractivity contribution in [1.29, 1.82) is 0 Å². The zero-order valence-electron chi connectivity index (χ0n) is 8.66. The van der Waals surface area contributed by atoms with Gasteiger partial charge in [0.05, 0.1) is 7.11 Å². The standard InChI is InChI=1S/C11H12O5/c1-16-11(15)10(14)9(13)8-4-2-7(6-12)3-5-8/h2-6,9-10,13-14H,1H3. The third-order valence-electron chi connectivity index (χ3n) is 2.16. The van der Waals surface area contributed by atoms with Gasteiger partial charge in [0.1, 0.15) is 12.4 Å². The zero-order chi connectivity index (χ0) is 12.1. The quantitative estimate of drug-likeness (QED) is 0.558. The summed E-state index contributed by atoms with van der Waals surface area (Å²) in [6.07, 6.45) is -2.34. The van der Waals surface area contributed by atoms with Crippen molar-refractivity contribution in [3.05, 3.63) is 35.4 Å². The number of esters is 1. The number of aliphatic hydroxyl groups is 2.